The van der Waals surface area contributed by atoms with Crippen LogP contribution in [0.15, 0.2) is 41.3 Å². The van der Waals surface area contributed by atoms with Crippen LogP contribution in [0.4, 0.5) is 5.69 Å². The summed E-state index contributed by atoms with van der Waals surface area (Å²) < 4.78 is 27.5. The van der Waals surface area contributed by atoms with Crippen molar-refractivity contribution in [1.82, 2.24) is 4.31 Å². The first-order chi connectivity index (χ1) is 12.2. The standard InChI is InChI=1S/C18H19Cl3N2O2S/c1-12-3-5-14(6-4-12)23-8-7-22(11-13(23)2)26(24,25)18-10-16(20)15(19)9-17(18)21/h3-6,9-10,13H,7-8,11H2,1-2H3. The van der Waals surface area contributed by atoms with Gasteiger partial charge in [-0.15, -0.1) is 0 Å². The van der Waals surface area contributed by atoms with Crippen LogP contribution in [0.25, 0.3) is 0 Å². The van der Waals surface area contributed by atoms with Gasteiger partial charge in [-0.05, 0) is 38.1 Å². The van der Waals surface area contributed by atoms with Gasteiger partial charge in [-0.2, -0.15) is 4.31 Å². The van der Waals surface area contributed by atoms with Gasteiger partial charge in [0.05, 0.1) is 15.1 Å². The third kappa shape index (κ3) is 3.82. The molecule has 0 aliphatic carbocycles. The van der Waals surface area contributed by atoms with Crippen molar-refractivity contribution in [2.45, 2.75) is 24.8 Å². The molecule has 0 spiro atoms. The van der Waals surface area contributed by atoms with E-state index in [9.17, 15) is 8.42 Å². The summed E-state index contributed by atoms with van der Waals surface area (Å²) in [4.78, 5) is 2.20. The summed E-state index contributed by atoms with van der Waals surface area (Å²) in [6.07, 6.45) is 0. The molecule has 0 N–H and O–H groups in total. The van der Waals surface area contributed by atoms with Gasteiger partial charge < -0.3 is 4.90 Å². The van der Waals surface area contributed by atoms with Crippen LogP contribution in [0, 0.1) is 6.92 Å². The Morgan fingerprint density at radius 1 is 0.962 bits per heavy atom. The fourth-order valence-electron chi connectivity index (χ4n) is 3.10. The molecule has 8 heteroatoms. The second-order valence-electron chi connectivity index (χ2n) is 6.44. The molecule has 1 fully saturated rings. The largest absolute Gasteiger partial charge is 0.366 e. The van der Waals surface area contributed by atoms with Gasteiger partial charge in [0.1, 0.15) is 4.90 Å². The molecule has 26 heavy (non-hydrogen) atoms. The number of aryl methyl sites for hydroxylation is 1. The topological polar surface area (TPSA) is 40.6 Å². The van der Waals surface area contributed by atoms with E-state index in [1.807, 2.05) is 13.8 Å². The lowest BCUT2D eigenvalue weighted by atomic mass is 10.1. The fraction of sp³-hybridized carbons (Fsp3) is 0.333. The summed E-state index contributed by atoms with van der Waals surface area (Å²) in [6, 6.07) is 10.9. The van der Waals surface area contributed by atoms with Crippen LogP contribution in [0.1, 0.15) is 12.5 Å². The van der Waals surface area contributed by atoms with Crippen LogP contribution >= 0.6 is 34.8 Å². The molecule has 140 valence electrons. The Kier molecular flexibility index (Phi) is 5.75. The summed E-state index contributed by atoms with van der Waals surface area (Å²) >= 11 is 18.0. The Morgan fingerprint density at radius 3 is 2.19 bits per heavy atom. The van der Waals surface area contributed by atoms with Crippen molar-refractivity contribution in [3.8, 4) is 0 Å². The van der Waals surface area contributed by atoms with Crippen LogP contribution in [0.2, 0.25) is 15.1 Å². The van der Waals surface area contributed by atoms with E-state index in [0.717, 1.165) is 5.69 Å². The molecule has 0 saturated carbocycles. The molecule has 1 atom stereocenters. The molecule has 4 nitrogen and oxygen atoms in total. The highest BCUT2D eigenvalue weighted by atomic mass is 35.5. The molecule has 1 unspecified atom stereocenters. The number of piperazine rings is 1. The Bertz CT molecular complexity index is 917. The molecule has 3 rings (SSSR count). The summed E-state index contributed by atoms with van der Waals surface area (Å²) in [5.74, 6) is 0. The molecule has 0 radical (unpaired) electrons. The number of nitrogens with zero attached hydrogens (tertiary/aromatic N) is 2. The molecule has 1 aliphatic heterocycles. The van der Waals surface area contributed by atoms with Gasteiger partial charge in [0.15, 0.2) is 0 Å². The van der Waals surface area contributed by atoms with Crippen molar-refractivity contribution in [3.05, 3.63) is 57.0 Å². The molecule has 1 saturated heterocycles. The molecule has 2 aromatic rings. The van der Waals surface area contributed by atoms with Gasteiger partial charge in [-0.1, -0.05) is 52.5 Å². The van der Waals surface area contributed by atoms with E-state index in [1.54, 1.807) is 0 Å². The zero-order valence-corrected chi connectivity index (χ0v) is 17.5. The van der Waals surface area contributed by atoms with Crippen molar-refractivity contribution in [1.29, 1.82) is 0 Å². The predicted molar refractivity (Wildman–Crippen MR) is 108 cm³/mol. The molecule has 0 bridgehead atoms. The average molecular weight is 434 g/mol. The third-order valence-electron chi connectivity index (χ3n) is 4.55. The highest BCUT2D eigenvalue weighted by Gasteiger charge is 2.34. The number of hydrogen-bond donors (Lipinski definition) is 0. The van der Waals surface area contributed by atoms with E-state index in [0.29, 0.717) is 19.6 Å². The summed E-state index contributed by atoms with van der Waals surface area (Å²) in [6.45, 7) is 5.39. The summed E-state index contributed by atoms with van der Waals surface area (Å²) in [5, 5.41) is 0.474. The van der Waals surface area contributed by atoms with E-state index in [2.05, 4.69) is 29.2 Å². The predicted octanol–water partition coefficient (Wildman–Crippen LogP) is 4.85. The fourth-order valence-corrected chi connectivity index (χ4v) is 5.59. The van der Waals surface area contributed by atoms with Crippen LogP contribution < -0.4 is 4.90 Å². The van der Waals surface area contributed by atoms with E-state index in [4.69, 9.17) is 34.8 Å². The lowest BCUT2D eigenvalue weighted by Gasteiger charge is -2.40. The Morgan fingerprint density at radius 2 is 1.58 bits per heavy atom. The maximum atomic E-state index is 13.0. The third-order valence-corrected chi connectivity index (χ3v) is 7.60. The number of rotatable bonds is 3. The molecular formula is C18H19Cl3N2O2S. The van der Waals surface area contributed by atoms with Gasteiger partial charge in [0.25, 0.3) is 0 Å². The SMILES string of the molecule is Cc1ccc(N2CCN(S(=O)(=O)c3cc(Cl)c(Cl)cc3Cl)CC2C)cc1. The minimum absolute atomic E-state index is 0.00967. The van der Waals surface area contributed by atoms with Gasteiger partial charge in [-0.25, -0.2) is 8.42 Å². The molecule has 0 aromatic heterocycles. The van der Waals surface area contributed by atoms with Crippen molar-refractivity contribution in [2.75, 3.05) is 24.5 Å². The quantitative estimate of drug-likeness (QED) is 0.649. The molecule has 0 amide bonds. The number of sulfonamides is 1. The van der Waals surface area contributed by atoms with E-state index >= 15 is 0 Å². The lowest BCUT2D eigenvalue weighted by Crippen LogP contribution is -2.53. The number of benzene rings is 2. The zero-order valence-electron chi connectivity index (χ0n) is 14.4. The lowest BCUT2D eigenvalue weighted by molar-refractivity contribution is 0.342. The van der Waals surface area contributed by atoms with Crippen LogP contribution in [0.3, 0.4) is 0 Å². The van der Waals surface area contributed by atoms with Crippen molar-refractivity contribution >= 4 is 50.5 Å². The highest BCUT2D eigenvalue weighted by molar-refractivity contribution is 7.89. The first-order valence-corrected chi connectivity index (χ1v) is 10.8. The van der Waals surface area contributed by atoms with E-state index in [1.165, 1.54) is 22.0 Å². The number of halogens is 3. The van der Waals surface area contributed by atoms with Crippen LogP contribution in [-0.4, -0.2) is 38.4 Å². The van der Waals surface area contributed by atoms with Crippen LogP contribution in [-0.2, 0) is 10.0 Å². The number of anilines is 1. The molecule has 1 aliphatic rings. The summed E-state index contributed by atoms with van der Waals surface area (Å²) in [5.41, 5.74) is 2.28. The Labute approximate surface area is 169 Å². The zero-order chi connectivity index (χ0) is 19.1. The van der Waals surface area contributed by atoms with Crippen LogP contribution in [0.5, 0.6) is 0 Å². The minimum Gasteiger partial charge on any atom is -0.366 e. The number of hydrogen-bond acceptors (Lipinski definition) is 3. The maximum absolute atomic E-state index is 13.0. The van der Waals surface area contributed by atoms with Gasteiger partial charge in [0.2, 0.25) is 10.0 Å². The maximum Gasteiger partial charge on any atom is 0.244 e. The smallest absolute Gasteiger partial charge is 0.244 e. The summed E-state index contributed by atoms with van der Waals surface area (Å²) in [7, 11) is -3.75. The second kappa shape index (κ2) is 7.56. The van der Waals surface area contributed by atoms with Gasteiger partial charge in [-0.3, -0.25) is 0 Å². The van der Waals surface area contributed by atoms with Crippen molar-refractivity contribution in [2.24, 2.45) is 0 Å². The first kappa shape index (κ1) is 19.8. The molecule has 1 heterocycles. The van der Waals surface area contributed by atoms with E-state index in [-0.39, 0.29) is 26.0 Å². The first-order valence-electron chi connectivity index (χ1n) is 8.18. The average Bonchev–Trinajstić information content (AvgIpc) is 2.59. The van der Waals surface area contributed by atoms with Gasteiger partial charge in [0, 0.05) is 31.4 Å². The molecule has 2 aromatic carbocycles. The second-order valence-corrected chi connectivity index (χ2v) is 9.57. The Hall–Kier alpha value is -0.980. The monoisotopic (exact) mass is 432 g/mol. The van der Waals surface area contributed by atoms with Crippen molar-refractivity contribution < 1.29 is 8.42 Å². The van der Waals surface area contributed by atoms with E-state index < -0.39 is 10.0 Å². The highest BCUT2D eigenvalue weighted by Crippen LogP contribution is 2.34. The molecular weight excluding hydrogens is 415 g/mol. The minimum atomic E-state index is -3.75. The Balaban J connectivity index is 1.84. The normalized spacial score (nSPS) is 19.0. The van der Waals surface area contributed by atoms with Gasteiger partial charge >= 0.3 is 0 Å². The van der Waals surface area contributed by atoms with Crippen molar-refractivity contribution in [3.63, 3.8) is 0 Å².